The van der Waals surface area contributed by atoms with Crippen LogP contribution in [-0.2, 0) is 39.2 Å². The van der Waals surface area contributed by atoms with Crippen molar-refractivity contribution in [3.8, 4) is 0 Å². The van der Waals surface area contributed by atoms with Crippen molar-refractivity contribution in [3.05, 3.63) is 83.9 Å². The average molecular weight is 777 g/mol. The summed E-state index contributed by atoms with van der Waals surface area (Å²) >= 11 is 0. The largest absolute Gasteiger partial charge is 0.465 e. The summed E-state index contributed by atoms with van der Waals surface area (Å²) in [7, 11) is -11.6. The van der Waals surface area contributed by atoms with Crippen molar-refractivity contribution >= 4 is 50.3 Å². The van der Waals surface area contributed by atoms with Gasteiger partial charge in [0.2, 0.25) is 0 Å². The molecule has 12 nitrogen and oxygen atoms in total. The van der Waals surface area contributed by atoms with E-state index in [1.807, 2.05) is 0 Å². The lowest BCUT2D eigenvalue weighted by Gasteiger charge is -2.60. The number of hydrogen-bond acceptors (Lipinski definition) is 10. The van der Waals surface area contributed by atoms with Gasteiger partial charge in [0.05, 0.1) is 17.7 Å². The molecule has 4 bridgehead atoms. The van der Waals surface area contributed by atoms with Gasteiger partial charge in [0.15, 0.2) is 6.10 Å². The zero-order chi connectivity index (χ0) is 38.9. The summed E-state index contributed by atoms with van der Waals surface area (Å²) in [5, 5.41) is -9.61. The van der Waals surface area contributed by atoms with Crippen LogP contribution in [0.5, 0.6) is 0 Å². The Labute approximate surface area is 297 Å². The van der Waals surface area contributed by atoms with Crippen LogP contribution in [0.2, 0.25) is 0 Å². The highest BCUT2D eigenvalue weighted by Crippen LogP contribution is 2.63. The number of esters is 3. The zero-order valence-corrected chi connectivity index (χ0v) is 29.3. The molecule has 4 fully saturated rings. The summed E-state index contributed by atoms with van der Waals surface area (Å²) in [6.07, 6.45) is 4.63. The van der Waals surface area contributed by atoms with E-state index in [1.165, 1.54) is 30.3 Å². The maximum atomic E-state index is 13.6. The first kappa shape index (κ1) is 40.6. The molecule has 4 saturated carbocycles. The Morgan fingerprint density at radius 3 is 1.71 bits per heavy atom. The number of rotatable bonds is 12. The third-order valence-electron chi connectivity index (χ3n) is 9.37. The molecule has 0 radical (unpaired) electrons. The van der Waals surface area contributed by atoms with Gasteiger partial charge in [0.25, 0.3) is 0 Å². The van der Waals surface area contributed by atoms with Gasteiger partial charge < -0.3 is 14.2 Å². The second-order valence-electron chi connectivity index (χ2n) is 13.3. The van der Waals surface area contributed by atoms with Crippen molar-refractivity contribution in [2.24, 2.45) is 17.3 Å². The molecule has 4 aliphatic carbocycles. The molecule has 0 aliphatic heterocycles. The molecule has 0 heterocycles. The highest BCUT2D eigenvalue weighted by Gasteiger charge is 2.61. The van der Waals surface area contributed by atoms with Gasteiger partial charge in [-0.2, -0.15) is 34.4 Å². The van der Waals surface area contributed by atoms with E-state index in [-0.39, 0.29) is 17.4 Å². The molecule has 0 amide bonds. The van der Waals surface area contributed by atoms with E-state index in [2.05, 4.69) is 17.9 Å². The van der Waals surface area contributed by atoms with Crippen molar-refractivity contribution in [1.82, 2.24) is 0 Å². The second kappa shape index (κ2) is 14.7. The highest BCUT2D eigenvalue weighted by molar-refractivity contribution is 7.87. The van der Waals surface area contributed by atoms with E-state index in [9.17, 15) is 48.8 Å². The highest BCUT2D eigenvalue weighted by atomic mass is 32.2. The molecule has 52 heavy (non-hydrogen) atoms. The van der Waals surface area contributed by atoms with Gasteiger partial charge in [-0.15, -0.1) is 0 Å². The molecule has 2 N–H and O–H groups in total. The first-order valence-electron chi connectivity index (χ1n) is 15.7. The zero-order valence-electron chi connectivity index (χ0n) is 27.7. The number of halogens is 4. The van der Waals surface area contributed by atoms with Crippen LogP contribution in [0.1, 0.15) is 77.3 Å². The van der Waals surface area contributed by atoms with Gasteiger partial charge in [0.1, 0.15) is 5.60 Å². The quantitative estimate of drug-likeness (QED) is 0.108. The van der Waals surface area contributed by atoms with Crippen LogP contribution in [0.15, 0.2) is 61.7 Å². The number of alkyl halides is 4. The minimum atomic E-state index is -5.93. The van der Waals surface area contributed by atoms with Crippen molar-refractivity contribution < 1.29 is 72.1 Å². The van der Waals surface area contributed by atoms with Gasteiger partial charge in [-0.3, -0.25) is 9.11 Å². The van der Waals surface area contributed by atoms with Crippen molar-refractivity contribution in [1.29, 1.82) is 0 Å². The second-order valence-corrected chi connectivity index (χ2v) is 16.3. The van der Waals surface area contributed by atoms with Gasteiger partial charge in [-0.1, -0.05) is 49.6 Å². The van der Waals surface area contributed by atoms with Crippen LogP contribution in [0.4, 0.5) is 17.6 Å². The molecule has 18 heteroatoms. The summed E-state index contributed by atoms with van der Waals surface area (Å²) in [6.45, 7) is 7.43. The van der Waals surface area contributed by atoms with Crippen LogP contribution in [0.3, 0.4) is 0 Å². The van der Waals surface area contributed by atoms with Crippen LogP contribution in [-0.4, -0.2) is 72.7 Å². The molecule has 0 spiro atoms. The molecule has 0 aromatic heterocycles. The van der Waals surface area contributed by atoms with Crippen molar-refractivity contribution in [2.45, 2.75) is 67.7 Å². The molecule has 4 aliphatic rings. The maximum absolute atomic E-state index is 13.6. The minimum Gasteiger partial charge on any atom is -0.460 e. The number of hydrogen-bond donors (Lipinski definition) is 2. The van der Waals surface area contributed by atoms with Crippen LogP contribution >= 0.6 is 0 Å². The fourth-order valence-corrected chi connectivity index (χ4v) is 8.07. The third-order valence-corrected chi connectivity index (χ3v) is 11.2. The van der Waals surface area contributed by atoms with Crippen molar-refractivity contribution in [2.75, 3.05) is 6.61 Å². The predicted molar refractivity (Wildman–Crippen MR) is 177 cm³/mol. The summed E-state index contributed by atoms with van der Waals surface area (Å²) in [5.74, 6) is -3.53. The normalized spacial score (nSPS) is 24.4. The standard InChI is InChI=1S/C22H24F2O7S.C12H12F2O5S/c1-2-14-3-5-17(6-4-14)18(25)31-21-10-15-7-16(11-21)9-20(8-15,12-21)13-30-19(26)22(23,24)32(27,28)29;1-3-9-4-6-10(7-5-9)11(15)19-8(2)12(13,14)20(16,17)18/h2-6,15-16H,1,7-13H2,(H,27,28,29);3-8H,1H2,2H3,(H,16,17,18). The first-order valence-corrected chi connectivity index (χ1v) is 18.6. The Morgan fingerprint density at radius 2 is 1.29 bits per heavy atom. The fraction of sp³-hybridized carbons (Fsp3) is 0.441. The number of benzene rings is 2. The topological polar surface area (TPSA) is 188 Å². The Kier molecular flexibility index (Phi) is 11.5. The molecule has 3 atom stereocenters. The van der Waals surface area contributed by atoms with Gasteiger partial charge >= 0.3 is 48.7 Å². The first-order chi connectivity index (χ1) is 24.0. The molecule has 6 rings (SSSR count). The number of ether oxygens (including phenoxy) is 3. The molecule has 3 unspecified atom stereocenters. The van der Waals surface area contributed by atoms with Gasteiger partial charge in [0, 0.05) is 5.41 Å². The van der Waals surface area contributed by atoms with Gasteiger partial charge in [-0.05, 0) is 92.7 Å². The summed E-state index contributed by atoms with van der Waals surface area (Å²) in [6, 6.07) is 12.4. The van der Waals surface area contributed by atoms with Gasteiger partial charge in [-0.25, -0.2) is 14.4 Å². The van der Waals surface area contributed by atoms with E-state index < -0.39 is 72.4 Å². The lowest BCUT2D eigenvalue weighted by Crippen LogP contribution is -2.59. The molecule has 0 saturated heterocycles. The Bertz CT molecular complexity index is 1910. The van der Waals surface area contributed by atoms with E-state index in [0.29, 0.717) is 50.2 Å². The molecule has 2 aromatic carbocycles. The minimum absolute atomic E-state index is 0.0337. The fourth-order valence-electron chi connectivity index (χ4n) is 7.33. The van der Waals surface area contributed by atoms with Crippen LogP contribution < -0.4 is 0 Å². The number of carbonyl (C=O) groups is 3. The average Bonchev–Trinajstić information content (AvgIpc) is 3.05. The molecule has 284 valence electrons. The van der Waals surface area contributed by atoms with E-state index in [4.69, 9.17) is 18.6 Å². The Hall–Kier alpha value is -4.13. The lowest BCUT2D eigenvalue weighted by atomic mass is 9.48. The van der Waals surface area contributed by atoms with Crippen LogP contribution in [0, 0.1) is 17.3 Å². The Morgan fingerprint density at radius 1 is 0.827 bits per heavy atom. The SMILES string of the molecule is C=Cc1ccc(C(=O)OC(C)C(F)(F)S(=O)(=O)O)cc1.C=Cc1ccc(C(=O)OC23CC4CC(CC(COC(=O)C(F)(F)S(=O)(=O)O)(C4)C2)C3)cc1. The van der Waals surface area contributed by atoms with E-state index in [0.717, 1.165) is 12.0 Å². The maximum Gasteiger partial charge on any atom is 0.465 e. The number of carbonyl (C=O) groups excluding carboxylic acids is 3. The van der Waals surface area contributed by atoms with E-state index in [1.54, 1.807) is 30.3 Å². The molecule has 2 aromatic rings. The smallest absolute Gasteiger partial charge is 0.460 e. The van der Waals surface area contributed by atoms with E-state index >= 15 is 0 Å². The Balaban J connectivity index is 0.000000261. The van der Waals surface area contributed by atoms with Crippen molar-refractivity contribution in [3.63, 3.8) is 0 Å². The third kappa shape index (κ3) is 8.73. The summed E-state index contributed by atoms with van der Waals surface area (Å²) in [5.41, 5.74) is 0.461. The lowest BCUT2D eigenvalue weighted by molar-refractivity contribution is -0.194. The molecular formula is C34H36F4O12S2. The van der Waals surface area contributed by atoms with Crippen LogP contribution in [0.25, 0.3) is 12.2 Å². The summed E-state index contributed by atoms with van der Waals surface area (Å²) in [4.78, 5) is 36.1. The monoisotopic (exact) mass is 776 g/mol. The predicted octanol–water partition coefficient (Wildman–Crippen LogP) is 6.20. The summed E-state index contributed by atoms with van der Waals surface area (Å²) < 4.78 is 128. The molecular weight excluding hydrogens is 740 g/mol.